The minimum atomic E-state index is -0.0429. The number of ketones is 2. The van der Waals surface area contributed by atoms with Crippen LogP contribution in [0.25, 0.3) is 10.6 Å². The molecule has 0 aliphatic carbocycles. The Morgan fingerprint density at radius 3 is 2.31 bits per heavy atom. The zero-order chi connectivity index (χ0) is 21.6. The van der Waals surface area contributed by atoms with Gasteiger partial charge in [0.25, 0.3) is 0 Å². The molecule has 0 atom stereocenters. The summed E-state index contributed by atoms with van der Waals surface area (Å²) in [6.07, 6.45) is 1.76. The molecule has 0 aliphatic rings. The minimum absolute atomic E-state index is 0.0429. The number of nitrogens with zero attached hydrogens (tertiary/aromatic N) is 3. The predicted octanol–water partition coefficient (Wildman–Crippen LogP) is 5.57. The summed E-state index contributed by atoms with van der Waals surface area (Å²) in [4.78, 5) is 35.7. The molecule has 29 heavy (non-hydrogen) atoms. The number of anilines is 2. The Labute approximate surface area is 175 Å². The number of hydrogen-bond acceptors (Lipinski definition) is 7. The van der Waals surface area contributed by atoms with Gasteiger partial charge in [-0.15, -0.1) is 11.3 Å². The number of carbonyl (C=O) groups is 2. The monoisotopic (exact) mass is 410 g/mol. The maximum Gasteiger partial charge on any atom is 0.179 e. The fourth-order valence-corrected chi connectivity index (χ4v) is 3.45. The molecule has 0 bridgehead atoms. The summed E-state index contributed by atoms with van der Waals surface area (Å²) in [6, 6.07) is 9.60. The average molecular weight is 411 g/mol. The Balaban J connectivity index is 0.000000687. The molecule has 3 aromatic heterocycles. The van der Waals surface area contributed by atoms with Crippen LogP contribution in [0.4, 0.5) is 11.6 Å². The van der Waals surface area contributed by atoms with Crippen LogP contribution in [0.2, 0.25) is 0 Å². The fourth-order valence-electron chi connectivity index (χ4n) is 2.36. The lowest BCUT2D eigenvalue weighted by atomic mass is 10.2. The van der Waals surface area contributed by atoms with Crippen molar-refractivity contribution in [2.75, 3.05) is 5.32 Å². The molecule has 0 amide bonds. The van der Waals surface area contributed by atoms with E-state index in [9.17, 15) is 9.59 Å². The highest BCUT2D eigenvalue weighted by Gasteiger charge is 2.19. The van der Waals surface area contributed by atoms with Crippen LogP contribution in [-0.2, 0) is 4.79 Å². The van der Waals surface area contributed by atoms with Crippen LogP contribution in [-0.4, -0.2) is 26.5 Å². The van der Waals surface area contributed by atoms with Crippen molar-refractivity contribution in [1.82, 2.24) is 15.0 Å². The molecular formula is C22H26N4O2S. The van der Waals surface area contributed by atoms with Crippen molar-refractivity contribution in [1.29, 1.82) is 0 Å². The Kier molecular flexibility index (Phi) is 7.73. The summed E-state index contributed by atoms with van der Waals surface area (Å²) in [6.45, 7) is 10.8. The van der Waals surface area contributed by atoms with Gasteiger partial charge in [0.15, 0.2) is 5.78 Å². The van der Waals surface area contributed by atoms with E-state index in [-0.39, 0.29) is 17.5 Å². The molecule has 0 unspecified atom stereocenters. The molecule has 0 spiro atoms. The third-order valence-corrected chi connectivity index (χ3v) is 5.00. The number of nitrogens with one attached hydrogen (secondary N) is 1. The van der Waals surface area contributed by atoms with Gasteiger partial charge in [-0.05, 0) is 50.6 Å². The fraction of sp³-hybridized carbons (Fsp3) is 0.318. The zero-order valence-corrected chi connectivity index (χ0v) is 18.4. The van der Waals surface area contributed by atoms with Gasteiger partial charge in [0.1, 0.15) is 23.1 Å². The number of rotatable bonds is 5. The lowest BCUT2D eigenvalue weighted by molar-refractivity contribution is -0.115. The minimum Gasteiger partial charge on any atom is -0.325 e. The molecule has 0 saturated heterocycles. The Morgan fingerprint density at radius 2 is 1.72 bits per heavy atom. The van der Waals surface area contributed by atoms with E-state index in [1.165, 1.54) is 25.2 Å². The Hall–Kier alpha value is -2.93. The summed E-state index contributed by atoms with van der Waals surface area (Å²) < 4.78 is 0. The first kappa shape index (κ1) is 22.4. The summed E-state index contributed by atoms with van der Waals surface area (Å²) in [5, 5.41) is 4.16. The van der Waals surface area contributed by atoms with E-state index in [1.54, 1.807) is 13.1 Å². The van der Waals surface area contributed by atoms with Crippen molar-refractivity contribution in [2.24, 2.45) is 0 Å². The van der Waals surface area contributed by atoms with E-state index in [0.717, 1.165) is 27.0 Å². The maximum atomic E-state index is 12.0. The van der Waals surface area contributed by atoms with Crippen molar-refractivity contribution in [3.8, 4) is 10.6 Å². The lowest BCUT2D eigenvalue weighted by Gasteiger charge is -2.07. The van der Waals surface area contributed by atoms with Gasteiger partial charge in [0.05, 0.1) is 15.6 Å². The molecule has 6 nitrogen and oxygen atoms in total. The first-order valence-electron chi connectivity index (χ1n) is 9.33. The first-order chi connectivity index (χ1) is 13.7. The largest absolute Gasteiger partial charge is 0.325 e. The lowest BCUT2D eigenvalue weighted by Crippen LogP contribution is -1.99. The topological polar surface area (TPSA) is 84.8 Å². The standard InChI is InChI=1S/C19H20N4OS.C3H6O/c1-11(2)19-23-17(13(4)24)18(25-19)14-6-5-7-15(21-14)22-16-10-12(3)8-9-20-16;1-3(2)4/h5-11H,1-4H3,(H,20,21,22);1-2H3. The van der Waals surface area contributed by atoms with Gasteiger partial charge in [-0.25, -0.2) is 15.0 Å². The third kappa shape index (κ3) is 6.57. The number of hydrogen-bond donors (Lipinski definition) is 1. The van der Waals surface area contributed by atoms with Gasteiger partial charge in [-0.1, -0.05) is 19.9 Å². The second-order valence-corrected chi connectivity index (χ2v) is 8.13. The third-order valence-electron chi connectivity index (χ3n) is 3.62. The van der Waals surface area contributed by atoms with E-state index >= 15 is 0 Å². The van der Waals surface area contributed by atoms with E-state index in [2.05, 4.69) is 34.1 Å². The molecule has 0 aliphatic heterocycles. The molecule has 0 aromatic carbocycles. The first-order valence-corrected chi connectivity index (χ1v) is 10.1. The van der Waals surface area contributed by atoms with Crippen LogP contribution < -0.4 is 5.32 Å². The van der Waals surface area contributed by atoms with Crippen LogP contribution >= 0.6 is 11.3 Å². The second kappa shape index (κ2) is 10.0. The highest BCUT2D eigenvalue weighted by molar-refractivity contribution is 7.15. The second-order valence-electron chi connectivity index (χ2n) is 7.10. The van der Waals surface area contributed by atoms with Gasteiger partial charge < -0.3 is 10.1 Å². The summed E-state index contributed by atoms with van der Waals surface area (Å²) >= 11 is 1.53. The van der Waals surface area contributed by atoms with E-state index in [4.69, 9.17) is 0 Å². The van der Waals surface area contributed by atoms with Crippen LogP contribution in [0.3, 0.4) is 0 Å². The molecule has 152 valence electrons. The molecule has 1 N–H and O–H groups in total. The smallest absolute Gasteiger partial charge is 0.179 e. The van der Waals surface area contributed by atoms with Gasteiger partial charge in [-0.2, -0.15) is 0 Å². The number of aromatic nitrogens is 3. The van der Waals surface area contributed by atoms with Crippen molar-refractivity contribution in [3.05, 3.63) is 52.8 Å². The number of aryl methyl sites for hydroxylation is 1. The summed E-state index contributed by atoms with van der Waals surface area (Å²) in [5.74, 6) is 1.82. The van der Waals surface area contributed by atoms with Gasteiger partial charge >= 0.3 is 0 Å². The quantitative estimate of drug-likeness (QED) is 0.553. The zero-order valence-electron chi connectivity index (χ0n) is 17.6. The molecule has 0 radical (unpaired) electrons. The van der Waals surface area contributed by atoms with E-state index in [0.29, 0.717) is 11.5 Å². The van der Waals surface area contributed by atoms with Crippen molar-refractivity contribution >= 4 is 34.5 Å². The van der Waals surface area contributed by atoms with E-state index < -0.39 is 0 Å². The SMILES string of the molecule is CC(=O)c1nc(C(C)C)sc1-c1cccc(Nc2cc(C)ccn2)n1.CC(C)=O. The molecular weight excluding hydrogens is 384 g/mol. The number of pyridine rings is 2. The molecule has 0 fully saturated rings. The molecule has 3 rings (SSSR count). The number of thiazole rings is 1. The van der Waals surface area contributed by atoms with Crippen molar-refractivity contribution in [2.45, 2.75) is 47.5 Å². The van der Waals surface area contributed by atoms with Crippen LogP contribution in [0.1, 0.15) is 61.6 Å². The molecule has 3 heterocycles. The molecule has 0 saturated carbocycles. The molecule has 3 aromatic rings. The normalized spacial score (nSPS) is 10.3. The van der Waals surface area contributed by atoms with Crippen LogP contribution in [0.5, 0.6) is 0 Å². The van der Waals surface area contributed by atoms with E-state index in [1.807, 2.05) is 37.3 Å². The predicted molar refractivity (Wildman–Crippen MR) is 118 cm³/mol. The van der Waals surface area contributed by atoms with Gasteiger partial charge in [-0.3, -0.25) is 4.79 Å². The highest BCUT2D eigenvalue weighted by Crippen LogP contribution is 2.33. The highest BCUT2D eigenvalue weighted by atomic mass is 32.1. The molecule has 7 heteroatoms. The van der Waals surface area contributed by atoms with Crippen molar-refractivity contribution < 1.29 is 9.59 Å². The summed E-state index contributed by atoms with van der Waals surface area (Å²) in [5.41, 5.74) is 2.36. The van der Waals surface area contributed by atoms with Crippen molar-refractivity contribution in [3.63, 3.8) is 0 Å². The number of carbonyl (C=O) groups excluding carboxylic acids is 2. The van der Waals surface area contributed by atoms with Crippen LogP contribution in [0.15, 0.2) is 36.5 Å². The summed E-state index contributed by atoms with van der Waals surface area (Å²) in [7, 11) is 0. The van der Waals surface area contributed by atoms with Gasteiger partial charge in [0.2, 0.25) is 0 Å². The van der Waals surface area contributed by atoms with Crippen LogP contribution in [0, 0.1) is 6.92 Å². The van der Waals surface area contributed by atoms with Gasteiger partial charge in [0, 0.05) is 19.0 Å². The Morgan fingerprint density at radius 1 is 1.03 bits per heavy atom. The Bertz CT molecular complexity index is 1010. The maximum absolute atomic E-state index is 12.0. The number of Topliss-reactive ketones (excluding diaryl/α,β-unsaturated/α-hetero) is 2. The average Bonchev–Trinajstić information content (AvgIpc) is 3.07.